The van der Waals surface area contributed by atoms with Crippen molar-refractivity contribution in [2.24, 2.45) is 0 Å². The lowest BCUT2D eigenvalue weighted by molar-refractivity contribution is 0.0599. The molecule has 0 aliphatic heterocycles. The second kappa shape index (κ2) is 6.55. The van der Waals surface area contributed by atoms with Gasteiger partial charge >= 0.3 is 5.97 Å². The summed E-state index contributed by atoms with van der Waals surface area (Å²) in [6, 6.07) is 7.55. The molecule has 1 aromatic rings. The number of benzene rings is 1. The number of ether oxygens (including phenoxy) is 1. The summed E-state index contributed by atoms with van der Waals surface area (Å²) < 4.78 is 11.0. The van der Waals surface area contributed by atoms with Gasteiger partial charge in [-0.15, -0.1) is 0 Å². The summed E-state index contributed by atoms with van der Waals surface area (Å²) in [7, 11) is -0.320. The maximum atomic E-state index is 11.7. The number of esters is 1. The van der Waals surface area contributed by atoms with E-state index >= 15 is 0 Å². The van der Waals surface area contributed by atoms with Gasteiger partial charge in [0.2, 0.25) is 0 Å². The van der Waals surface area contributed by atoms with E-state index in [0.29, 0.717) is 12.2 Å². The first-order valence-electron chi connectivity index (χ1n) is 6.99. The molecule has 0 bridgehead atoms. The van der Waals surface area contributed by atoms with Crippen LogP contribution in [-0.2, 0) is 15.6 Å². The highest BCUT2D eigenvalue weighted by Crippen LogP contribution is 2.36. The Balaban J connectivity index is 2.70. The van der Waals surface area contributed by atoms with Gasteiger partial charge in [0.25, 0.3) is 0 Å². The van der Waals surface area contributed by atoms with Crippen molar-refractivity contribution in [2.75, 3.05) is 13.7 Å². The number of methoxy groups -OCH3 is 1. The molecule has 0 amide bonds. The molecule has 0 unspecified atom stereocenters. The summed E-state index contributed by atoms with van der Waals surface area (Å²) in [5, 5.41) is 0.203. The quantitative estimate of drug-likeness (QED) is 0.607. The van der Waals surface area contributed by atoms with E-state index in [1.807, 2.05) is 18.2 Å². The monoisotopic (exact) mass is 294 g/mol. The van der Waals surface area contributed by atoms with Gasteiger partial charge in [-0.25, -0.2) is 4.79 Å². The van der Waals surface area contributed by atoms with Crippen LogP contribution in [0.4, 0.5) is 0 Å². The summed E-state index contributed by atoms with van der Waals surface area (Å²) >= 11 is 0. The Morgan fingerprint density at radius 2 is 1.80 bits per heavy atom. The van der Waals surface area contributed by atoms with E-state index < -0.39 is 8.32 Å². The van der Waals surface area contributed by atoms with Gasteiger partial charge in [0.15, 0.2) is 8.32 Å². The Hall–Kier alpha value is -1.13. The molecule has 3 nitrogen and oxygen atoms in total. The minimum Gasteiger partial charge on any atom is -0.465 e. The molecule has 112 valence electrons. The van der Waals surface area contributed by atoms with Crippen molar-refractivity contribution in [2.45, 2.75) is 45.3 Å². The van der Waals surface area contributed by atoms with E-state index in [0.717, 1.165) is 12.0 Å². The van der Waals surface area contributed by atoms with Crippen molar-refractivity contribution in [1.29, 1.82) is 0 Å². The molecule has 0 heterocycles. The molecule has 0 aliphatic rings. The first-order chi connectivity index (χ1) is 9.19. The molecule has 20 heavy (non-hydrogen) atoms. The first kappa shape index (κ1) is 16.9. The lowest BCUT2D eigenvalue weighted by Crippen LogP contribution is -2.41. The van der Waals surface area contributed by atoms with E-state index in [2.05, 4.69) is 33.9 Å². The highest BCUT2D eigenvalue weighted by molar-refractivity contribution is 6.74. The predicted molar refractivity (Wildman–Crippen MR) is 84.6 cm³/mol. The van der Waals surface area contributed by atoms with Crippen LogP contribution in [0.25, 0.3) is 0 Å². The molecule has 0 saturated heterocycles. The minimum atomic E-state index is -1.73. The Morgan fingerprint density at radius 3 is 2.35 bits per heavy atom. The minimum absolute atomic E-state index is 0.203. The molecule has 0 atom stereocenters. The number of hydrogen-bond acceptors (Lipinski definition) is 3. The molecule has 0 radical (unpaired) electrons. The van der Waals surface area contributed by atoms with Crippen LogP contribution in [-0.4, -0.2) is 28.0 Å². The fourth-order valence-electron chi connectivity index (χ4n) is 1.68. The number of carbonyl (C=O) groups excluding carboxylic acids is 1. The molecule has 1 rings (SSSR count). The normalized spacial score (nSPS) is 12.3. The Morgan fingerprint density at radius 1 is 1.20 bits per heavy atom. The smallest absolute Gasteiger partial charge is 0.338 e. The summed E-state index contributed by atoms with van der Waals surface area (Å²) in [4.78, 5) is 11.7. The second-order valence-corrected chi connectivity index (χ2v) is 11.3. The van der Waals surface area contributed by atoms with Crippen LogP contribution in [0.1, 0.15) is 36.7 Å². The van der Waals surface area contributed by atoms with Crippen molar-refractivity contribution >= 4 is 14.3 Å². The molecule has 0 aliphatic carbocycles. The second-order valence-electron chi connectivity index (χ2n) is 6.51. The van der Waals surface area contributed by atoms with Crippen molar-refractivity contribution in [3.8, 4) is 0 Å². The van der Waals surface area contributed by atoms with Gasteiger partial charge in [-0.3, -0.25) is 0 Å². The average molecular weight is 294 g/mol. The standard InChI is InChI=1S/C16H26O3Si/c1-16(2,3)20(5,6)19-12-11-13-9-7-8-10-14(13)15(17)18-4/h7-10H,11-12H2,1-6H3. The maximum absolute atomic E-state index is 11.7. The van der Waals surface area contributed by atoms with Crippen LogP contribution in [0.5, 0.6) is 0 Å². The maximum Gasteiger partial charge on any atom is 0.338 e. The van der Waals surface area contributed by atoms with Crippen molar-refractivity contribution in [1.82, 2.24) is 0 Å². The van der Waals surface area contributed by atoms with E-state index in [4.69, 9.17) is 9.16 Å². The van der Waals surface area contributed by atoms with Gasteiger partial charge in [0.1, 0.15) is 0 Å². The van der Waals surface area contributed by atoms with Crippen LogP contribution in [0.15, 0.2) is 24.3 Å². The molecule has 1 aromatic carbocycles. The highest BCUT2D eigenvalue weighted by Gasteiger charge is 2.36. The Labute approximate surface area is 123 Å². The Bertz CT molecular complexity index is 461. The molecule has 0 saturated carbocycles. The fraction of sp³-hybridized carbons (Fsp3) is 0.562. The molecule has 0 aromatic heterocycles. The van der Waals surface area contributed by atoms with E-state index in [1.165, 1.54) is 7.11 Å². The van der Waals surface area contributed by atoms with Crippen LogP contribution < -0.4 is 0 Å². The number of hydrogen-bond donors (Lipinski definition) is 0. The molecular weight excluding hydrogens is 268 g/mol. The SMILES string of the molecule is COC(=O)c1ccccc1CCO[Si](C)(C)C(C)(C)C. The van der Waals surface area contributed by atoms with Crippen LogP contribution in [0.3, 0.4) is 0 Å². The van der Waals surface area contributed by atoms with Gasteiger partial charge in [-0.1, -0.05) is 39.0 Å². The summed E-state index contributed by atoms with van der Waals surface area (Å²) in [5.74, 6) is -0.284. The van der Waals surface area contributed by atoms with Crippen molar-refractivity contribution in [3.63, 3.8) is 0 Å². The third kappa shape index (κ3) is 4.18. The molecular formula is C16H26O3Si. The molecule has 4 heteroatoms. The first-order valence-corrected chi connectivity index (χ1v) is 9.90. The van der Waals surface area contributed by atoms with E-state index in [1.54, 1.807) is 6.07 Å². The summed E-state index contributed by atoms with van der Waals surface area (Å²) in [5.41, 5.74) is 1.62. The highest BCUT2D eigenvalue weighted by atomic mass is 28.4. The van der Waals surface area contributed by atoms with Crippen LogP contribution in [0, 0.1) is 0 Å². The van der Waals surface area contributed by atoms with E-state index in [9.17, 15) is 4.79 Å². The third-order valence-corrected chi connectivity index (χ3v) is 8.60. The Kier molecular flexibility index (Phi) is 5.54. The van der Waals surface area contributed by atoms with Gasteiger partial charge in [0, 0.05) is 6.61 Å². The number of rotatable bonds is 5. The molecule has 0 fully saturated rings. The average Bonchev–Trinajstić information content (AvgIpc) is 2.37. The predicted octanol–water partition coefficient (Wildman–Crippen LogP) is 4.04. The van der Waals surface area contributed by atoms with Gasteiger partial charge in [-0.05, 0) is 36.2 Å². The van der Waals surface area contributed by atoms with E-state index in [-0.39, 0.29) is 11.0 Å². The summed E-state index contributed by atoms with van der Waals surface area (Å²) in [6.07, 6.45) is 0.734. The largest absolute Gasteiger partial charge is 0.465 e. The zero-order valence-electron chi connectivity index (χ0n) is 13.4. The van der Waals surface area contributed by atoms with Crippen molar-refractivity contribution < 1.29 is 14.0 Å². The van der Waals surface area contributed by atoms with Gasteiger partial charge < -0.3 is 9.16 Å². The zero-order chi connectivity index (χ0) is 15.4. The third-order valence-electron chi connectivity index (χ3n) is 4.06. The lowest BCUT2D eigenvalue weighted by atomic mass is 10.1. The van der Waals surface area contributed by atoms with Gasteiger partial charge in [-0.2, -0.15) is 0 Å². The van der Waals surface area contributed by atoms with Crippen molar-refractivity contribution in [3.05, 3.63) is 35.4 Å². The van der Waals surface area contributed by atoms with Crippen LogP contribution in [0.2, 0.25) is 18.1 Å². The fourth-order valence-corrected chi connectivity index (χ4v) is 2.73. The summed E-state index contributed by atoms with van der Waals surface area (Å²) in [6.45, 7) is 11.8. The zero-order valence-corrected chi connectivity index (χ0v) is 14.4. The molecule has 0 spiro atoms. The van der Waals surface area contributed by atoms with Crippen LogP contribution >= 0.6 is 0 Å². The van der Waals surface area contributed by atoms with Gasteiger partial charge in [0.05, 0.1) is 12.7 Å². The molecule has 0 N–H and O–H groups in total. The lowest BCUT2D eigenvalue weighted by Gasteiger charge is -2.36. The topological polar surface area (TPSA) is 35.5 Å². The number of carbonyl (C=O) groups is 1.